The lowest BCUT2D eigenvalue weighted by molar-refractivity contribution is 0.173. The maximum Gasteiger partial charge on any atom is 0.0547 e. The summed E-state index contributed by atoms with van der Waals surface area (Å²) in [5, 5.41) is 3.51. The Bertz CT molecular complexity index is 428. The number of hydrogen-bond donors (Lipinski definition) is 1. The summed E-state index contributed by atoms with van der Waals surface area (Å²) >= 11 is 0. The van der Waals surface area contributed by atoms with Crippen molar-refractivity contribution in [2.24, 2.45) is 5.92 Å². The van der Waals surface area contributed by atoms with Crippen LogP contribution >= 0.6 is 0 Å². The number of nitrogens with one attached hydrogen (secondary N) is 1. The van der Waals surface area contributed by atoms with Gasteiger partial charge in [-0.3, -0.25) is 9.88 Å². The Balaban J connectivity index is 1.86. The van der Waals surface area contributed by atoms with Crippen LogP contribution in [0.3, 0.4) is 0 Å². The first kappa shape index (κ1) is 16.4. The van der Waals surface area contributed by atoms with Crippen LogP contribution in [0.25, 0.3) is 0 Å². The third kappa shape index (κ3) is 5.76. The standard InChI is InChI=1S/C18H31N3/c1-5-15-9-11-21(12-10-15)14-17-8-6-7-16(20-17)13-19-18(2,3)4/h6-8,15,19H,5,9-14H2,1-4H3. The molecule has 1 saturated heterocycles. The molecule has 21 heavy (non-hydrogen) atoms. The van der Waals surface area contributed by atoms with Crippen LogP contribution in [-0.2, 0) is 13.1 Å². The van der Waals surface area contributed by atoms with E-state index in [-0.39, 0.29) is 5.54 Å². The smallest absolute Gasteiger partial charge is 0.0547 e. The Morgan fingerprint density at radius 3 is 2.48 bits per heavy atom. The zero-order valence-electron chi connectivity index (χ0n) is 14.2. The molecule has 118 valence electrons. The van der Waals surface area contributed by atoms with Crippen molar-refractivity contribution in [3.8, 4) is 0 Å². The van der Waals surface area contributed by atoms with E-state index in [0.717, 1.165) is 24.7 Å². The van der Waals surface area contributed by atoms with Crippen molar-refractivity contribution in [1.29, 1.82) is 0 Å². The van der Waals surface area contributed by atoms with E-state index in [1.807, 2.05) is 0 Å². The third-order valence-electron chi connectivity index (χ3n) is 4.33. The Hall–Kier alpha value is -0.930. The minimum absolute atomic E-state index is 0.139. The van der Waals surface area contributed by atoms with E-state index >= 15 is 0 Å². The maximum absolute atomic E-state index is 4.80. The van der Waals surface area contributed by atoms with Gasteiger partial charge in [0.15, 0.2) is 0 Å². The van der Waals surface area contributed by atoms with Gasteiger partial charge in [-0.05, 0) is 64.8 Å². The minimum atomic E-state index is 0.139. The summed E-state index contributed by atoms with van der Waals surface area (Å²) in [4.78, 5) is 7.36. The molecule has 0 unspecified atom stereocenters. The van der Waals surface area contributed by atoms with Gasteiger partial charge in [-0.1, -0.05) is 19.4 Å². The number of piperidine rings is 1. The second kappa shape index (κ2) is 7.37. The highest BCUT2D eigenvalue weighted by Gasteiger charge is 2.18. The van der Waals surface area contributed by atoms with Crippen LogP contribution in [0.2, 0.25) is 0 Å². The molecule has 0 atom stereocenters. The molecule has 0 aliphatic carbocycles. The van der Waals surface area contributed by atoms with Crippen molar-refractivity contribution in [2.75, 3.05) is 13.1 Å². The van der Waals surface area contributed by atoms with Crippen molar-refractivity contribution in [3.05, 3.63) is 29.6 Å². The molecule has 0 amide bonds. The maximum atomic E-state index is 4.80. The zero-order chi connectivity index (χ0) is 15.3. The van der Waals surface area contributed by atoms with Gasteiger partial charge in [0.05, 0.1) is 11.4 Å². The van der Waals surface area contributed by atoms with Gasteiger partial charge in [-0.2, -0.15) is 0 Å². The second-order valence-corrected chi connectivity index (χ2v) is 7.35. The number of aromatic nitrogens is 1. The molecule has 1 aliphatic heterocycles. The van der Waals surface area contributed by atoms with Crippen LogP contribution in [0.15, 0.2) is 18.2 Å². The van der Waals surface area contributed by atoms with Crippen LogP contribution < -0.4 is 5.32 Å². The first-order valence-electron chi connectivity index (χ1n) is 8.38. The van der Waals surface area contributed by atoms with E-state index in [4.69, 9.17) is 4.98 Å². The largest absolute Gasteiger partial charge is 0.306 e. The third-order valence-corrected chi connectivity index (χ3v) is 4.33. The van der Waals surface area contributed by atoms with Gasteiger partial charge in [0.1, 0.15) is 0 Å². The molecule has 1 N–H and O–H groups in total. The van der Waals surface area contributed by atoms with Crippen LogP contribution in [0.5, 0.6) is 0 Å². The summed E-state index contributed by atoms with van der Waals surface area (Å²) in [6.45, 7) is 13.2. The van der Waals surface area contributed by atoms with Crippen molar-refractivity contribution >= 4 is 0 Å². The molecule has 2 rings (SSSR count). The Kier molecular flexibility index (Phi) is 5.77. The van der Waals surface area contributed by atoms with Crippen LogP contribution in [0.4, 0.5) is 0 Å². The first-order chi connectivity index (χ1) is 9.96. The fourth-order valence-electron chi connectivity index (χ4n) is 2.85. The van der Waals surface area contributed by atoms with Gasteiger partial charge >= 0.3 is 0 Å². The Labute approximate surface area is 130 Å². The van der Waals surface area contributed by atoms with Crippen molar-refractivity contribution in [1.82, 2.24) is 15.2 Å². The highest BCUT2D eigenvalue weighted by atomic mass is 15.1. The molecule has 1 aliphatic rings. The van der Waals surface area contributed by atoms with E-state index in [9.17, 15) is 0 Å². The molecular weight excluding hydrogens is 258 g/mol. The van der Waals surface area contributed by atoms with Gasteiger partial charge in [0.25, 0.3) is 0 Å². The number of rotatable bonds is 5. The summed E-state index contributed by atoms with van der Waals surface area (Å²) in [5.41, 5.74) is 2.49. The summed E-state index contributed by atoms with van der Waals surface area (Å²) < 4.78 is 0. The molecule has 3 heteroatoms. The molecule has 0 saturated carbocycles. The SMILES string of the molecule is CCC1CCN(Cc2cccc(CNC(C)(C)C)n2)CC1. The van der Waals surface area contributed by atoms with Gasteiger partial charge in [-0.15, -0.1) is 0 Å². The molecule has 0 radical (unpaired) electrons. The molecule has 0 spiro atoms. The van der Waals surface area contributed by atoms with Crippen LogP contribution in [0, 0.1) is 5.92 Å². The normalized spacial score (nSPS) is 18.1. The Morgan fingerprint density at radius 2 is 1.86 bits per heavy atom. The molecule has 1 aromatic heterocycles. The highest BCUT2D eigenvalue weighted by molar-refractivity contribution is 5.11. The molecule has 1 fully saturated rings. The fourth-order valence-corrected chi connectivity index (χ4v) is 2.85. The van der Waals surface area contributed by atoms with Crippen LogP contribution in [0.1, 0.15) is 58.3 Å². The number of pyridine rings is 1. The monoisotopic (exact) mass is 289 g/mol. The quantitative estimate of drug-likeness (QED) is 0.898. The lowest BCUT2D eigenvalue weighted by Gasteiger charge is -2.31. The number of likely N-dealkylation sites (tertiary alicyclic amines) is 1. The zero-order valence-corrected chi connectivity index (χ0v) is 14.2. The fraction of sp³-hybridized carbons (Fsp3) is 0.722. The first-order valence-corrected chi connectivity index (χ1v) is 8.38. The van der Waals surface area contributed by atoms with Gasteiger partial charge < -0.3 is 5.32 Å². The average molecular weight is 289 g/mol. The van der Waals surface area contributed by atoms with E-state index in [2.05, 4.69) is 56.1 Å². The molecule has 0 aromatic carbocycles. The van der Waals surface area contributed by atoms with Crippen molar-refractivity contribution < 1.29 is 0 Å². The van der Waals surface area contributed by atoms with Crippen molar-refractivity contribution in [3.63, 3.8) is 0 Å². The number of hydrogen-bond acceptors (Lipinski definition) is 3. The molecule has 3 nitrogen and oxygen atoms in total. The van der Waals surface area contributed by atoms with Gasteiger partial charge in [-0.25, -0.2) is 0 Å². The van der Waals surface area contributed by atoms with E-state index in [0.29, 0.717) is 0 Å². The lowest BCUT2D eigenvalue weighted by atomic mass is 9.94. The lowest BCUT2D eigenvalue weighted by Crippen LogP contribution is -2.35. The van der Waals surface area contributed by atoms with E-state index in [1.165, 1.54) is 38.0 Å². The van der Waals surface area contributed by atoms with Crippen LogP contribution in [-0.4, -0.2) is 28.5 Å². The Morgan fingerprint density at radius 1 is 1.19 bits per heavy atom. The van der Waals surface area contributed by atoms with E-state index < -0.39 is 0 Å². The molecule has 2 heterocycles. The van der Waals surface area contributed by atoms with E-state index in [1.54, 1.807) is 0 Å². The number of nitrogens with zero attached hydrogens (tertiary/aromatic N) is 2. The topological polar surface area (TPSA) is 28.2 Å². The highest BCUT2D eigenvalue weighted by Crippen LogP contribution is 2.21. The van der Waals surface area contributed by atoms with Gasteiger partial charge in [0.2, 0.25) is 0 Å². The summed E-state index contributed by atoms with van der Waals surface area (Å²) in [6.07, 6.45) is 4.03. The predicted octanol–water partition coefficient (Wildman–Crippen LogP) is 3.59. The predicted molar refractivity (Wildman–Crippen MR) is 89.1 cm³/mol. The summed E-state index contributed by atoms with van der Waals surface area (Å²) in [7, 11) is 0. The van der Waals surface area contributed by atoms with Gasteiger partial charge in [0, 0.05) is 18.6 Å². The van der Waals surface area contributed by atoms with Crippen molar-refractivity contribution in [2.45, 2.75) is 65.6 Å². The average Bonchev–Trinajstić information content (AvgIpc) is 2.46. The summed E-state index contributed by atoms with van der Waals surface area (Å²) in [5.74, 6) is 0.941. The minimum Gasteiger partial charge on any atom is -0.306 e. The molecule has 1 aromatic rings. The second-order valence-electron chi connectivity index (χ2n) is 7.35. The summed E-state index contributed by atoms with van der Waals surface area (Å²) in [6, 6.07) is 6.42. The molecular formula is C18H31N3. The molecule has 0 bridgehead atoms.